The maximum absolute atomic E-state index is 12.6. The van der Waals surface area contributed by atoms with Gasteiger partial charge in [-0.05, 0) is 53.6 Å². The Morgan fingerprint density at radius 1 is 1.00 bits per heavy atom. The van der Waals surface area contributed by atoms with E-state index in [1.807, 2.05) is 0 Å². The summed E-state index contributed by atoms with van der Waals surface area (Å²) in [6, 6.07) is 17.1. The zero-order valence-corrected chi connectivity index (χ0v) is 17.9. The lowest BCUT2D eigenvalue weighted by Crippen LogP contribution is -2.02. The van der Waals surface area contributed by atoms with Gasteiger partial charge in [0.05, 0.1) is 28.3 Å². The summed E-state index contributed by atoms with van der Waals surface area (Å²) in [5.41, 5.74) is 2.51. The van der Waals surface area contributed by atoms with Crippen LogP contribution in [0, 0.1) is 0 Å². The fourth-order valence-corrected chi connectivity index (χ4v) is 3.34. The molecule has 0 spiro atoms. The minimum atomic E-state index is -0.391. The molecule has 0 aliphatic carbocycles. The summed E-state index contributed by atoms with van der Waals surface area (Å²) in [4.78, 5) is 24.1. The van der Waals surface area contributed by atoms with E-state index in [9.17, 15) is 9.59 Å². The van der Waals surface area contributed by atoms with E-state index in [-0.39, 0.29) is 11.5 Å². The van der Waals surface area contributed by atoms with Crippen LogP contribution in [0.3, 0.4) is 0 Å². The van der Waals surface area contributed by atoms with Crippen molar-refractivity contribution in [2.45, 2.75) is 6.61 Å². The van der Waals surface area contributed by atoms with Crippen LogP contribution in [0.4, 0.5) is 0 Å². The molecule has 0 atom stereocenters. The fraction of sp³-hybridized carbons (Fsp3) is 0.0833. The first kappa shape index (κ1) is 21.0. The molecule has 156 valence electrons. The second kappa shape index (κ2) is 8.84. The van der Waals surface area contributed by atoms with Gasteiger partial charge in [0, 0.05) is 6.07 Å². The van der Waals surface area contributed by atoms with E-state index in [1.54, 1.807) is 66.7 Å². The molecule has 5 nitrogen and oxygen atoms in total. The normalized spacial score (nSPS) is 13.6. The number of ketones is 1. The molecule has 0 N–H and O–H groups in total. The molecule has 1 aliphatic rings. The molecule has 7 heteroatoms. The quantitative estimate of drug-likeness (QED) is 0.350. The van der Waals surface area contributed by atoms with Crippen molar-refractivity contribution in [2.75, 3.05) is 7.11 Å². The first-order valence-electron chi connectivity index (χ1n) is 9.28. The summed E-state index contributed by atoms with van der Waals surface area (Å²) in [6.07, 6.45) is 1.62. The Morgan fingerprint density at radius 2 is 1.77 bits per heavy atom. The summed E-state index contributed by atoms with van der Waals surface area (Å²) in [5, 5.41) is 0.835. The van der Waals surface area contributed by atoms with Gasteiger partial charge in [0.2, 0.25) is 5.78 Å². The molecule has 0 radical (unpaired) electrons. The van der Waals surface area contributed by atoms with Gasteiger partial charge in [0.1, 0.15) is 18.1 Å². The fourth-order valence-electron chi connectivity index (χ4n) is 3.03. The molecule has 3 aromatic carbocycles. The number of hydrogen-bond acceptors (Lipinski definition) is 5. The molecular formula is C24H16Cl2O5. The zero-order valence-electron chi connectivity index (χ0n) is 16.4. The number of Topliss-reactive ketones (excluding diaryl/α,β-unsaturated/α-hetero) is 1. The van der Waals surface area contributed by atoms with Crippen LogP contribution in [0.15, 0.2) is 66.4 Å². The second-order valence-corrected chi connectivity index (χ2v) is 7.56. The number of fused-ring (bicyclic) bond motifs is 1. The monoisotopic (exact) mass is 454 g/mol. The molecule has 0 bridgehead atoms. The van der Waals surface area contributed by atoms with Gasteiger partial charge in [-0.1, -0.05) is 41.4 Å². The number of ether oxygens (including phenoxy) is 3. The van der Waals surface area contributed by atoms with Crippen LogP contribution in [-0.4, -0.2) is 18.9 Å². The third-order valence-corrected chi connectivity index (χ3v) is 5.40. The van der Waals surface area contributed by atoms with Gasteiger partial charge in [0.25, 0.3) is 0 Å². The number of benzene rings is 3. The van der Waals surface area contributed by atoms with E-state index in [1.165, 1.54) is 7.11 Å². The summed E-state index contributed by atoms with van der Waals surface area (Å²) in [7, 11) is 1.34. The number of carbonyl (C=O) groups is 2. The van der Waals surface area contributed by atoms with Gasteiger partial charge < -0.3 is 14.2 Å². The van der Waals surface area contributed by atoms with Crippen molar-refractivity contribution in [3.8, 4) is 11.5 Å². The van der Waals surface area contributed by atoms with Crippen LogP contribution in [0.25, 0.3) is 6.08 Å². The molecule has 1 heterocycles. The molecule has 3 aromatic rings. The van der Waals surface area contributed by atoms with E-state index < -0.39 is 5.97 Å². The lowest BCUT2D eigenvalue weighted by Gasteiger charge is -2.08. The highest BCUT2D eigenvalue weighted by Gasteiger charge is 2.27. The average Bonchev–Trinajstić information content (AvgIpc) is 3.09. The van der Waals surface area contributed by atoms with E-state index in [2.05, 4.69) is 4.74 Å². The van der Waals surface area contributed by atoms with E-state index in [4.69, 9.17) is 32.7 Å². The Kier molecular flexibility index (Phi) is 5.98. The van der Waals surface area contributed by atoms with Crippen molar-refractivity contribution in [1.29, 1.82) is 0 Å². The summed E-state index contributed by atoms with van der Waals surface area (Å²) in [5.74, 6) is 0.571. The van der Waals surface area contributed by atoms with Crippen LogP contribution in [0.1, 0.15) is 31.8 Å². The van der Waals surface area contributed by atoms with Gasteiger partial charge in [-0.25, -0.2) is 4.79 Å². The predicted molar refractivity (Wildman–Crippen MR) is 118 cm³/mol. The molecule has 0 unspecified atom stereocenters. The Hall–Kier alpha value is -3.28. The molecule has 31 heavy (non-hydrogen) atoms. The Bertz CT molecular complexity index is 1200. The third kappa shape index (κ3) is 4.58. The summed E-state index contributed by atoms with van der Waals surface area (Å²) >= 11 is 12.0. The molecule has 1 aliphatic heterocycles. The maximum Gasteiger partial charge on any atom is 0.337 e. The van der Waals surface area contributed by atoms with Crippen LogP contribution >= 0.6 is 23.2 Å². The van der Waals surface area contributed by atoms with E-state index >= 15 is 0 Å². The molecule has 0 amide bonds. The number of carbonyl (C=O) groups excluding carboxylic acids is 2. The molecule has 0 fully saturated rings. The minimum absolute atomic E-state index is 0.198. The largest absolute Gasteiger partial charge is 0.489 e. The van der Waals surface area contributed by atoms with Gasteiger partial charge in [-0.2, -0.15) is 0 Å². The third-order valence-electron chi connectivity index (χ3n) is 4.66. The first-order valence-corrected chi connectivity index (χ1v) is 10.0. The predicted octanol–water partition coefficient (Wildman–Crippen LogP) is 5.98. The standard InChI is InChI=1S/C24H16Cl2O5/c1-29-24(28)16-5-2-14(3-6-16)13-30-17-7-8-18-21(12-17)31-22(23(18)27)11-15-4-9-19(25)20(26)10-15/h2-12H,13H2,1H3/b22-11-. The lowest BCUT2D eigenvalue weighted by atomic mass is 10.1. The summed E-state index contributed by atoms with van der Waals surface area (Å²) in [6.45, 7) is 0.292. The maximum atomic E-state index is 12.6. The van der Waals surface area contributed by atoms with Crippen molar-refractivity contribution in [3.63, 3.8) is 0 Å². The van der Waals surface area contributed by atoms with Crippen molar-refractivity contribution in [1.82, 2.24) is 0 Å². The average molecular weight is 455 g/mol. The molecular weight excluding hydrogens is 439 g/mol. The van der Waals surface area contributed by atoms with Crippen LogP contribution in [-0.2, 0) is 11.3 Å². The Labute approximate surface area is 188 Å². The van der Waals surface area contributed by atoms with Crippen LogP contribution in [0.2, 0.25) is 10.0 Å². The SMILES string of the molecule is COC(=O)c1ccc(COc2ccc3c(c2)O/C(=C\c2ccc(Cl)c(Cl)c2)C3=O)cc1. The van der Waals surface area contributed by atoms with E-state index in [0.29, 0.717) is 44.8 Å². The Balaban J connectivity index is 1.46. The molecule has 0 saturated carbocycles. The van der Waals surface area contributed by atoms with Crippen LogP contribution in [0.5, 0.6) is 11.5 Å². The second-order valence-electron chi connectivity index (χ2n) is 6.75. The minimum Gasteiger partial charge on any atom is -0.489 e. The number of esters is 1. The highest BCUT2D eigenvalue weighted by molar-refractivity contribution is 6.42. The molecule has 0 aromatic heterocycles. The highest BCUT2D eigenvalue weighted by Crippen LogP contribution is 2.35. The first-order chi connectivity index (χ1) is 14.9. The van der Waals surface area contributed by atoms with Crippen LogP contribution < -0.4 is 9.47 Å². The Morgan fingerprint density at radius 3 is 2.48 bits per heavy atom. The molecule has 0 saturated heterocycles. The number of halogens is 2. The van der Waals surface area contributed by atoms with Gasteiger partial charge in [-0.3, -0.25) is 4.79 Å². The van der Waals surface area contributed by atoms with E-state index in [0.717, 1.165) is 5.56 Å². The van der Waals surface area contributed by atoms with Gasteiger partial charge in [0.15, 0.2) is 5.76 Å². The van der Waals surface area contributed by atoms with Gasteiger partial charge in [-0.15, -0.1) is 0 Å². The number of hydrogen-bond donors (Lipinski definition) is 0. The van der Waals surface area contributed by atoms with Crippen molar-refractivity contribution >= 4 is 41.0 Å². The number of allylic oxidation sites excluding steroid dienone is 1. The summed E-state index contributed by atoms with van der Waals surface area (Å²) < 4.78 is 16.2. The van der Waals surface area contributed by atoms with Crippen molar-refractivity contribution < 1.29 is 23.8 Å². The van der Waals surface area contributed by atoms with Crippen molar-refractivity contribution in [2.24, 2.45) is 0 Å². The zero-order chi connectivity index (χ0) is 22.0. The number of rotatable bonds is 5. The topological polar surface area (TPSA) is 61.8 Å². The van der Waals surface area contributed by atoms with Crippen molar-refractivity contribution in [3.05, 3.63) is 98.7 Å². The molecule has 4 rings (SSSR count). The van der Waals surface area contributed by atoms with Gasteiger partial charge >= 0.3 is 5.97 Å². The highest BCUT2D eigenvalue weighted by atomic mass is 35.5. The number of methoxy groups -OCH3 is 1. The lowest BCUT2D eigenvalue weighted by molar-refractivity contribution is 0.0600. The smallest absolute Gasteiger partial charge is 0.337 e.